The number of ether oxygens (including phenoxy) is 1. The minimum atomic E-state index is -0.0112. The van der Waals surface area contributed by atoms with Crippen molar-refractivity contribution in [3.05, 3.63) is 48.8 Å². The highest BCUT2D eigenvalue weighted by Crippen LogP contribution is 2.31. The lowest BCUT2D eigenvalue weighted by atomic mass is 9.91. The standard InChI is InChI=1S/C20H23N3O2/c24-20(23-11-7-16(13-23)17-8-12-25-14-17)22-19-4-2-1-3-18(19)15-5-9-21-10-6-15/h1-6,9-10,16-17H,7-8,11-14H2,(H,22,24)/t16-,17-/m1/s1. The van der Waals surface area contributed by atoms with E-state index in [0.29, 0.717) is 11.8 Å². The molecule has 1 aromatic heterocycles. The second-order valence-electron chi connectivity index (χ2n) is 6.83. The van der Waals surface area contributed by atoms with Gasteiger partial charge in [0.15, 0.2) is 0 Å². The summed E-state index contributed by atoms with van der Waals surface area (Å²) in [7, 11) is 0. The number of para-hydroxylation sites is 1. The Labute approximate surface area is 148 Å². The molecule has 0 aliphatic carbocycles. The Balaban J connectivity index is 1.45. The van der Waals surface area contributed by atoms with E-state index in [2.05, 4.69) is 10.3 Å². The normalized spacial score (nSPS) is 23.0. The maximum absolute atomic E-state index is 12.7. The lowest BCUT2D eigenvalue weighted by Crippen LogP contribution is -2.34. The average molecular weight is 337 g/mol. The molecule has 0 bridgehead atoms. The van der Waals surface area contributed by atoms with Crippen LogP contribution in [-0.2, 0) is 4.74 Å². The first-order valence-corrected chi connectivity index (χ1v) is 8.94. The molecule has 5 nitrogen and oxygen atoms in total. The number of hydrogen-bond donors (Lipinski definition) is 1. The maximum Gasteiger partial charge on any atom is 0.321 e. The van der Waals surface area contributed by atoms with Gasteiger partial charge < -0.3 is 15.0 Å². The van der Waals surface area contributed by atoms with Crippen molar-refractivity contribution in [2.24, 2.45) is 11.8 Å². The number of urea groups is 1. The van der Waals surface area contributed by atoms with Crippen LogP contribution in [0.25, 0.3) is 11.1 Å². The predicted octanol–water partition coefficient (Wildman–Crippen LogP) is 3.64. The number of carbonyl (C=O) groups excluding carboxylic acids is 1. The van der Waals surface area contributed by atoms with Gasteiger partial charge >= 0.3 is 6.03 Å². The van der Waals surface area contributed by atoms with Crippen molar-refractivity contribution in [1.29, 1.82) is 0 Å². The molecule has 1 N–H and O–H groups in total. The van der Waals surface area contributed by atoms with Gasteiger partial charge in [0.2, 0.25) is 0 Å². The van der Waals surface area contributed by atoms with Gasteiger partial charge in [-0.3, -0.25) is 4.98 Å². The first-order chi connectivity index (χ1) is 12.3. The third-order valence-corrected chi connectivity index (χ3v) is 5.30. The summed E-state index contributed by atoms with van der Waals surface area (Å²) in [4.78, 5) is 18.7. The Morgan fingerprint density at radius 1 is 1.12 bits per heavy atom. The second kappa shape index (κ2) is 7.23. The summed E-state index contributed by atoms with van der Waals surface area (Å²) in [6, 6.07) is 11.8. The summed E-state index contributed by atoms with van der Waals surface area (Å²) in [6.45, 7) is 3.37. The number of aromatic nitrogens is 1. The quantitative estimate of drug-likeness (QED) is 0.930. The number of hydrogen-bond acceptors (Lipinski definition) is 3. The molecular weight excluding hydrogens is 314 g/mol. The molecule has 2 aliphatic rings. The van der Waals surface area contributed by atoms with E-state index < -0.39 is 0 Å². The molecule has 5 heteroatoms. The van der Waals surface area contributed by atoms with Crippen LogP contribution < -0.4 is 5.32 Å². The van der Waals surface area contributed by atoms with E-state index in [4.69, 9.17) is 4.74 Å². The number of amides is 2. The summed E-state index contributed by atoms with van der Waals surface area (Å²) >= 11 is 0. The molecule has 130 valence electrons. The third kappa shape index (κ3) is 3.51. The number of carbonyl (C=O) groups is 1. The molecule has 25 heavy (non-hydrogen) atoms. The molecular formula is C20H23N3O2. The Kier molecular flexibility index (Phi) is 4.65. The van der Waals surface area contributed by atoms with Crippen molar-refractivity contribution in [3.63, 3.8) is 0 Å². The van der Waals surface area contributed by atoms with Gasteiger partial charge in [-0.1, -0.05) is 18.2 Å². The summed E-state index contributed by atoms with van der Waals surface area (Å²) in [6.07, 6.45) is 5.74. The molecule has 2 atom stereocenters. The van der Waals surface area contributed by atoms with E-state index in [9.17, 15) is 4.79 Å². The van der Waals surface area contributed by atoms with Gasteiger partial charge in [0.25, 0.3) is 0 Å². The minimum absolute atomic E-state index is 0.0112. The van der Waals surface area contributed by atoms with Gasteiger partial charge in [-0.15, -0.1) is 0 Å². The molecule has 3 heterocycles. The smallest absolute Gasteiger partial charge is 0.321 e. The van der Waals surface area contributed by atoms with E-state index in [0.717, 1.165) is 56.0 Å². The molecule has 2 aliphatic heterocycles. The van der Waals surface area contributed by atoms with Crippen LogP contribution in [-0.4, -0.2) is 42.2 Å². The molecule has 2 saturated heterocycles. The SMILES string of the molecule is O=C(Nc1ccccc1-c1ccncc1)N1CC[C@@H]([C@@H]2CCOC2)C1. The fourth-order valence-electron chi connectivity index (χ4n) is 3.85. The zero-order chi connectivity index (χ0) is 17.1. The number of pyridine rings is 1. The Morgan fingerprint density at radius 2 is 1.96 bits per heavy atom. The van der Waals surface area contributed by atoms with Crippen molar-refractivity contribution >= 4 is 11.7 Å². The van der Waals surface area contributed by atoms with Crippen LogP contribution in [0.1, 0.15) is 12.8 Å². The number of likely N-dealkylation sites (tertiary alicyclic amines) is 1. The fraction of sp³-hybridized carbons (Fsp3) is 0.400. The van der Waals surface area contributed by atoms with Crippen LogP contribution in [0.3, 0.4) is 0 Å². The van der Waals surface area contributed by atoms with E-state index in [1.165, 1.54) is 0 Å². The number of anilines is 1. The highest BCUT2D eigenvalue weighted by atomic mass is 16.5. The molecule has 2 fully saturated rings. The number of nitrogens with zero attached hydrogens (tertiary/aromatic N) is 2. The number of benzene rings is 1. The summed E-state index contributed by atoms with van der Waals surface area (Å²) in [5, 5.41) is 3.10. The van der Waals surface area contributed by atoms with Gasteiger partial charge in [0, 0.05) is 44.3 Å². The van der Waals surface area contributed by atoms with E-state index in [-0.39, 0.29) is 6.03 Å². The Morgan fingerprint density at radius 3 is 2.76 bits per heavy atom. The largest absolute Gasteiger partial charge is 0.381 e. The molecule has 1 aromatic carbocycles. The first kappa shape index (κ1) is 16.1. The van der Waals surface area contributed by atoms with Crippen LogP contribution in [0.15, 0.2) is 48.8 Å². The lowest BCUT2D eigenvalue weighted by molar-refractivity contribution is 0.171. The van der Waals surface area contributed by atoms with Gasteiger partial charge in [0.05, 0.1) is 5.69 Å². The van der Waals surface area contributed by atoms with Crippen molar-refractivity contribution in [2.45, 2.75) is 12.8 Å². The molecule has 0 radical (unpaired) electrons. The topological polar surface area (TPSA) is 54.5 Å². The van der Waals surface area contributed by atoms with Gasteiger partial charge in [-0.2, -0.15) is 0 Å². The van der Waals surface area contributed by atoms with Crippen molar-refractivity contribution in [1.82, 2.24) is 9.88 Å². The lowest BCUT2D eigenvalue weighted by Gasteiger charge is -2.20. The van der Waals surface area contributed by atoms with E-state index >= 15 is 0 Å². The van der Waals surface area contributed by atoms with Crippen LogP contribution in [0, 0.1) is 11.8 Å². The first-order valence-electron chi connectivity index (χ1n) is 8.94. The molecule has 0 spiro atoms. The van der Waals surface area contributed by atoms with E-state index in [1.54, 1.807) is 12.4 Å². The molecule has 4 rings (SSSR count). The second-order valence-corrected chi connectivity index (χ2v) is 6.83. The Bertz CT molecular complexity index is 729. The minimum Gasteiger partial charge on any atom is -0.381 e. The summed E-state index contributed by atoms with van der Waals surface area (Å²) in [5.41, 5.74) is 2.90. The monoisotopic (exact) mass is 337 g/mol. The van der Waals surface area contributed by atoms with Crippen molar-refractivity contribution in [3.8, 4) is 11.1 Å². The number of nitrogens with one attached hydrogen (secondary N) is 1. The van der Waals surface area contributed by atoms with Crippen molar-refractivity contribution in [2.75, 3.05) is 31.6 Å². The average Bonchev–Trinajstić information content (AvgIpc) is 3.34. The van der Waals surface area contributed by atoms with Gasteiger partial charge in [0.1, 0.15) is 0 Å². The van der Waals surface area contributed by atoms with Crippen molar-refractivity contribution < 1.29 is 9.53 Å². The van der Waals surface area contributed by atoms with Gasteiger partial charge in [-0.25, -0.2) is 4.79 Å². The van der Waals surface area contributed by atoms with E-state index in [1.807, 2.05) is 41.3 Å². The number of rotatable bonds is 3. The zero-order valence-corrected chi connectivity index (χ0v) is 14.2. The third-order valence-electron chi connectivity index (χ3n) is 5.30. The molecule has 0 unspecified atom stereocenters. The van der Waals surface area contributed by atoms with Crippen LogP contribution in [0.4, 0.5) is 10.5 Å². The summed E-state index contributed by atoms with van der Waals surface area (Å²) in [5.74, 6) is 1.19. The zero-order valence-electron chi connectivity index (χ0n) is 14.2. The van der Waals surface area contributed by atoms with Gasteiger partial charge in [-0.05, 0) is 48.4 Å². The fourth-order valence-corrected chi connectivity index (χ4v) is 3.85. The molecule has 0 saturated carbocycles. The maximum atomic E-state index is 12.7. The van der Waals surface area contributed by atoms with Crippen LogP contribution >= 0.6 is 0 Å². The van der Waals surface area contributed by atoms with Crippen LogP contribution in [0.2, 0.25) is 0 Å². The highest BCUT2D eigenvalue weighted by molar-refractivity contribution is 5.94. The van der Waals surface area contributed by atoms with Crippen LogP contribution in [0.5, 0.6) is 0 Å². The molecule has 2 amide bonds. The Hall–Kier alpha value is -2.40. The summed E-state index contributed by atoms with van der Waals surface area (Å²) < 4.78 is 5.50. The highest BCUT2D eigenvalue weighted by Gasteiger charge is 2.33. The predicted molar refractivity (Wildman–Crippen MR) is 97.3 cm³/mol. The molecule has 2 aromatic rings.